The highest BCUT2D eigenvalue weighted by atomic mass is 35.5. The van der Waals surface area contributed by atoms with Gasteiger partial charge in [-0.2, -0.15) is 0 Å². The molecule has 0 fully saturated rings. The third-order valence-corrected chi connectivity index (χ3v) is 6.45. The van der Waals surface area contributed by atoms with E-state index in [4.69, 9.17) is 21.3 Å². The number of nitrogens with one attached hydrogen (secondary N) is 2. The zero-order valence-electron chi connectivity index (χ0n) is 16.4. The Morgan fingerprint density at radius 2 is 2.07 bits per heavy atom. The highest BCUT2D eigenvalue weighted by Crippen LogP contribution is 2.41. The molecule has 0 aliphatic carbocycles. The van der Waals surface area contributed by atoms with E-state index >= 15 is 0 Å². The molecule has 0 radical (unpaired) electrons. The maximum absolute atomic E-state index is 12.2. The van der Waals surface area contributed by atoms with E-state index in [0.29, 0.717) is 15.9 Å². The number of halogens is 1. The van der Waals surface area contributed by atoms with Crippen molar-refractivity contribution in [1.29, 1.82) is 0 Å². The quantitative estimate of drug-likeness (QED) is 0.682. The summed E-state index contributed by atoms with van der Waals surface area (Å²) in [5, 5.41) is 10.3. The molecule has 1 amide bonds. The molecule has 0 saturated carbocycles. The number of carbonyl (C=O) groups is 1. The predicted octanol–water partition coefficient (Wildman–Crippen LogP) is 5.24. The van der Waals surface area contributed by atoms with Crippen LogP contribution in [0.4, 0.5) is 10.8 Å². The fourth-order valence-corrected chi connectivity index (χ4v) is 4.66. The van der Waals surface area contributed by atoms with Crippen LogP contribution < -0.4 is 15.4 Å². The van der Waals surface area contributed by atoms with Crippen molar-refractivity contribution < 1.29 is 9.53 Å². The molecule has 28 heavy (non-hydrogen) atoms. The summed E-state index contributed by atoms with van der Waals surface area (Å²) in [6, 6.07) is 5.42. The van der Waals surface area contributed by atoms with Crippen molar-refractivity contribution >= 4 is 56.6 Å². The first kappa shape index (κ1) is 21.0. The second-order valence-electron chi connectivity index (χ2n) is 7.46. The van der Waals surface area contributed by atoms with Crippen LogP contribution in [0.1, 0.15) is 38.6 Å². The third kappa shape index (κ3) is 4.79. The number of anilines is 2. The van der Waals surface area contributed by atoms with E-state index in [-0.39, 0.29) is 17.2 Å². The van der Waals surface area contributed by atoms with Gasteiger partial charge in [-0.05, 0) is 25.1 Å². The van der Waals surface area contributed by atoms with E-state index in [1.54, 1.807) is 19.2 Å². The number of amides is 1. The fourth-order valence-electron chi connectivity index (χ4n) is 2.52. The topological polar surface area (TPSA) is 75.6 Å². The first-order chi connectivity index (χ1) is 13.2. The van der Waals surface area contributed by atoms with Crippen molar-refractivity contribution in [2.45, 2.75) is 39.0 Å². The number of amidine groups is 1. The van der Waals surface area contributed by atoms with Crippen LogP contribution in [0.15, 0.2) is 28.6 Å². The number of thioether (sulfide) groups is 1. The normalized spacial score (nSPS) is 19.3. The van der Waals surface area contributed by atoms with Gasteiger partial charge in [-0.1, -0.05) is 44.1 Å². The molecular formula is C19H23ClN4O2S2. The van der Waals surface area contributed by atoms with Crippen molar-refractivity contribution in [3.8, 4) is 5.75 Å². The van der Waals surface area contributed by atoms with Crippen molar-refractivity contribution in [3.63, 3.8) is 0 Å². The Hall–Kier alpha value is -1.77. The molecule has 150 valence electrons. The molecule has 6 nitrogen and oxygen atoms in total. The van der Waals surface area contributed by atoms with Crippen LogP contribution in [0.2, 0.25) is 5.02 Å². The molecule has 1 aliphatic rings. The van der Waals surface area contributed by atoms with Gasteiger partial charge >= 0.3 is 0 Å². The average Bonchev–Trinajstić information content (AvgIpc) is 3.20. The summed E-state index contributed by atoms with van der Waals surface area (Å²) in [5.74, 6) is 0.653. The molecule has 2 N–H and O–H groups in total. The van der Waals surface area contributed by atoms with Crippen molar-refractivity contribution in [3.05, 3.63) is 34.3 Å². The maximum atomic E-state index is 12.2. The minimum Gasteiger partial charge on any atom is -0.495 e. The Balaban J connectivity index is 1.70. The average molecular weight is 439 g/mol. The molecule has 3 rings (SSSR count). The van der Waals surface area contributed by atoms with E-state index in [1.807, 2.05) is 39.1 Å². The summed E-state index contributed by atoms with van der Waals surface area (Å²) in [5.41, 5.74) is 1.23. The third-order valence-electron chi connectivity index (χ3n) is 4.12. The SMILES string of the molecule is COc1ccc(Cl)cc1Nc1nc(C2SC(NC(=O)C(C)(C)C)=NC2C)cs1. The first-order valence-corrected chi connectivity index (χ1v) is 10.9. The van der Waals surface area contributed by atoms with Crippen LogP contribution in [0, 0.1) is 5.41 Å². The lowest BCUT2D eigenvalue weighted by molar-refractivity contribution is -0.126. The van der Waals surface area contributed by atoms with Gasteiger partial charge in [-0.25, -0.2) is 4.98 Å². The summed E-state index contributed by atoms with van der Waals surface area (Å²) in [6.07, 6.45) is 0. The number of nitrogens with zero attached hydrogens (tertiary/aromatic N) is 2. The summed E-state index contributed by atoms with van der Waals surface area (Å²) < 4.78 is 5.37. The molecule has 9 heteroatoms. The highest BCUT2D eigenvalue weighted by Gasteiger charge is 2.33. The van der Waals surface area contributed by atoms with Crippen molar-refractivity contribution in [1.82, 2.24) is 10.3 Å². The standard InChI is InChI=1S/C19H23ClN4O2S2/c1-10-15(28-18(21-10)24-16(25)19(2,3)4)13-9-27-17(23-13)22-12-8-11(20)6-7-14(12)26-5/h6-10,15H,1-5H3,(H,22,23)(H,21,24,25). The second-order valence-corrected chi connectivity index (χ2v) is 9.89. The second kappa shape index (κ2) is 8.31. The van der Waals surface area contributed by atoms with Gasteiger partial charge < -0.3 is 15.4 Å². The van der Waals surface area contributed by atoms with Crippen LogP contribution in [-0.2, 0) is 4.79 Å². The molecule has 2 atom stereocenters. The zero-order chi connectivity index (χ0) is 20.5. The summed E-state index contributed by atoms with van der Waals surface area (Å²) in [6.45, 7) is 7.67. The lowest BCUT2D eigenvalue weighted by Gasteiger charge is -2.17. The molecule has 0 spiro atoms. The Labute approximate surface area is 178 Å². The minimum absolute atomic E-state index is 0.0240. The number of methoxy groups -OCH3 is 1. The van der Waals surface area contributed by atoms with Gasteiger partial charge in [-0.15, -0.1) is 11.3 Å². The van der Waals surface area contributed by atoms with E-state index < -0.39 is 5.41 Å². The molecule has 2 heterocycles. The Kier molecular flexibility index (Phi) is 6.21. The smallest absolute Gasteiger partial charge is 0.231 e. The van der Waals surface area contributed by atoms with Gasteiger partial charge in [0.2, 0.25) is 5.91 Å². The Morgan fingerprint density at radius 3 is 2.75 bits per heavy atom. The largest absolute Gasteiger partial charge is 0.495 e. The number of aliphatic imine (C=N–C) groups is 1. The van der Waals surface area contributed by atoms with Crippen molar-refractivity contribution in [2.24, 2.45) is 10.4 Å². The van der Waals surface area contributed by atoms with Gasteiger partial charge in [0, 0.05) is 15.8 Å². The lowest BCUT2D eigenvalue weighted by atomic mass is 9.96. The summed E-state index contributed by atoms with van der Waals surface area (Å²) >= 11 is 9.13. The van der Waals surface area contributed by atoms with Crippen LogP contribution in [0.5, 0.6) is 5.75 Å². The van der Waals surface area contributed by atoms with Gasteiger partial charge in [0.1, 0.15) is 5.75 Å². The number of rotatable bonds is 4. The molecule has 1 aliphatic heterocycles. The Bertz CT molecular complexity index is 908. The number of carbonyl (C=O) groups excluding carboxylic acids is 1. The molecule has 0 bridgehead atoms. The fraction of sp³-hybridized carbons (Fsp3) is 0.421. The summed E-state index contributed by atoms with van der Waals surface area (Å²) in [7, 11) is 1.61. The molecule has 0 saturated heterocycles. The van der Waals surface area contributed by atoms with Gasteiger partial charge in [0.15, 0.2) is 10.3 Å². The predicted molar refractivity (Wildman–Crippen MR) is 118 cm³/mol. The first-order valence-electron chi connectivity index (χ1n) is 8.79. The number of hydrogen-bond acceptors (Lipinski definition) is 7. The maximum Gasteiger partial charge on any atom is 0.231 e. The molecule has 1 aromatic carbocycles. The van der Waals surface area contributed by atoms with E-state index in [2.05, 4.69) is 15.6 Å². The molecule has 2 aromatic rings. The zero-order valence-corrected chi connectivity index (χ0v) is 18.8. The number of benzene rings is 1. The van der Waals surface area contributed by atoms with Crippen molar-refractivity contribution in [2.75, 3.05) is 12.4 Å². The van der Waals surface area contributed by atoms with E-state index in [1.165, 1.54) is 23.1 Å². The van der Waals surface area contributed by atoms with Gasteiger partial charge in [0.05, 0.1) is 29.8 Å². The summed E-state index contributed by atoms with van der Waals surface area (Å²) in [4.78, 5) is 21.5. The molecule has 2 unspecified atom stereocenters. The Morgan fingerprint density at radius 1 is 1.32 bits per heavy atom. The number of hydrogen-bond donors (Lipinski definition) is 2. The monoisotopic (exact) mass is 438 g/mol. The highest BCUT2D eigenvalue weighted by molar-refractivity contribution is 8.14. The van der Waals surface area contributed by atoms with Crippen LogP contribution in [-0.4, -0.2) is 29.2 Å². The van der Waals surface area contributed by atoms with E-state index in [9.17, 15) is 4.79 Å². The van der Waals surface area contributed by atoms with Crippen LogP contribution in [0.3, 0.4) is 0 Å². The number of thiazole rings is 1. The number of aromatic nitrogens is 1. The van der Waals surface area contributed by atoms with E-state index in [0.717, 1.165) is 16.5 Å². The van der Waals surface area contributed by atoms with Crippen LogP contribution >= 0.6 is 34.7 Å². The van der Waals surface area contributed by atoms with Gasteiger partial charge in [-0.3, -0.25) is 9.79 Å². The van der Waals surface area contributed by atoms with Crippen LogP contribution in [0.25, 0.3) is 0 Å². The lowest BCUT2D eigenvalue weighted by Crippen LogP contribution is -2.37. The molecule has 1 aromatic heterocycles. The number of ether oxygens (including phenoxy) is 1. The minimum atomic E-state index is -0.460. The molecular weight excluding hydrogens is 416 g/mol. The van der Waals surface area contributed by atoms with Gasteiger partial charge in [0.25, 0.3) is 0 Å².